The van der Waals surface area contributed by atoms with Crippen LogP contribution in [0.15, 0.2) is 36.5 Å². The zero-order valence-corrected chi connectivity index (χ0v) is 15.4. The number of imidazole rings is 1. The molecule has 1 aliphatic heterocycles. The van der Waals surface area contributed by atoms with Gasteiger partial charge in [0.05, 0.1) is 6.61 Å². The van der Waals surface area contributed by atoms with Crippen LogP contribution >= 0.6 is 12.2 Å². The van der Waals surface area contributed by atoms with Crippen molar-refractivity contribution >= 4 is 24.2 Å². The summed E-state index contributed by atoms with van der Waals surface area (Å²) in [6.07, 6.45) is 2.72. The monoisotopic (exact) mass is 374 g/mol. The molecule has 0 radical (unpaired) electrons. The van der Waals surface area contributed by atoms with Gasteiger partial charge in [-0.3, -0.25) is 9.36 Å². The lowest BCUT2D eigenvalue weighted by Gasteiger charge is -2.31. The zero-order valence-electron chi connectivity index (χ0n) is 14.6. The van der Waals surface area contributed by atoms with Crippen LogP contribution in [0.4, 0.5) is 4.79 Å². The molecule has 138 valence electrons. The lowest BCUT2D eigenvalue weighted by Crippen LogP contribution is -2.47. The van der Waals surface area contributed by atoms with Gasteiger partial charge in [-0.05, 0) is 44.1 Å². The molecule has 7 nitrogen and oxygen atoms in total. The van der Waals surface area contributed by atoms with E-state index >= 15 is 0 Å². The average molecular weight is 374 g/mol. The second-order valence-electron chi connectivity index (χ2n) is 6.08. The van der Waals surface area contributed by atoms with Gasteiger partial charge < -0.3 is 19.9 Å². The Bertz CT molecular complexity index is 822. The highest BCUT2D eigenvalue weighted by Crippen LogP contribution is 2.15. The van der Waals surface area contributed by atoms with Gasteiger partial charge in [-0.25, -0.2) is 4.79 Å². The number of aromatic nitrogens is 2. The number of piperidine rings is 1. The first-order valence-electron chi connectivity index (χ1n) is 8.68. The topological polar surface area (TPSA) is 79.4 Å². The summed E-state index contributed by atoms with van der Waals surface area (Å²) in [4.78, 5) is 29.1. The molecule has 3 rings (SSSR count). The van der Waals surface area contributed by atoms with Crippen LogP contribution in [0, 0.1) is 4.77 Å². The summed E-state index contributed by atoms with van der Waals surface area (Å²) >= 11 is 5.32. The van der Waals surface area contributed by atoms with Crippen molar-refractivity contribution in [1.29, 1.82) is 0 Å². The molecule has 8 heteroatoms. The van der Waals surface area contributed by atoms with E-state index in [1.54, 1.807) is 22.6 Å². The van der Waals surface area contributed by atoms with Crippen LogP contribution in [0.5, 0.6) is 0 Å². The Balaban J connectivity index is 1.66. The molecule has 0 bridgehead atoms. The van der Waals surface area contributed by atoms with Crippen molar-refractivity contribution in [3.05, 3.63) is 47.0 Å². The molecule has 1 aliphatic rings. The van der Waals surface area contributed by atoms with Gasteiger partial charge in [0.15, 0.2) is 4.77 Å². The number of ether oxygens (including phenoxy) is 1. The van der Waals surface area contributed by atoms with Crippen molar-refractivity contribution in [2.24, 2.45) is 0 Å². The smallest absolute Gasteiger partial charge is 0.409 e. The molecule has 2 amide bonds. The van der Waals surface area contributed by atoms with E-state index in [4.69, 9.17) is 17.0 Å². The summed E-state index contributed by atoms with van der Waals surface area (Å²) in [5, 5.41) is 3.05. The van der Waals surface area contributed by atoms with Crippen LogP contribution in [0.3, 0.4) is 0 Å². The maximum Gasteiger partial charge on any atom is 0.409 e. The molecule has 1 aromatic heterocycles. The first kappa shape index (κ1) is 18.2. The Hall–Kier alpha value is -2.61. The van der Waals surface area contributed by atoms with Gasteiger partial charge in [-0.15, -0.1) is 0 Å². The maximum atomic E-state index is 12.7. The number of nitrogens with one attached hydrogen (secondary N) is 2. The number of hydrogen-bond acceptors (Lipinski definition) is 4. The normalized spacial score (nSPS) is 14.9. The average Bonchev–Trinajstić information content (AvgIpc) is 3.05. The second kappa shape index (κ2) is 8.18. The third kappa shape index (κ3) is 3.96. The Morgan fingerprint density at radius 3 is 2.62 bits per heavy atom. The van der Waals surface area contributed by atoms with Gasteiger partial charge in [0, 0.05) is 31.0 Å². The SMILES string of the molecule is CCOC(=O)N1CCC(NC(=O)c2c[nH]c(=S)n2-c2ccccc2)CC1. The van der Waals surface area contributed by atoms with E-state index in [2.05, 4.69) is 10.3 Å². The van der Waals surface area contributed by atoms with Gasteiger partial charge in [-0.2, -0.15) is 0 Å². The van der Waals surface area contributed by atoms with Gasteiger partial charge in [0.25, 0.3) is 5.91 Å². The van der Waals surface area contributed by atoms with Crippen LogP contribution in [0.25, 0.3) is 5.69 Å². The Kier molecular flexibility index (Phi) is 5.72. The first-order valence-corrected chi connectivity index (χ1v) is 9.09. The molecule has 2 heterocycles. The highest BCUT2D eigenvalue weighted by atomic mass is 32.1. The third-order valence-corrected chi connectivity index (χ3v) is 4.68. The molecule has 1 saturated heterocycles. The largest absolute Gasteiger partial charge is 0.450 e. The molecule has 0 spiro atoms. The van der Waals surface area contributed by atoms with Crippen LogP contribution < -0.4 is 5.32 Å². The van der Waals surface area contributed by atoms with E-state index in [9.17, 15) is 9.59 Å². The van der Waals surface area contributed by atoms with Crippen molar-refractivity contribution in [3.63, 3.8) is 0 Å². The van der Waals surface area contributed by atoms with Crippen molar-refractivity contribution in [2.75, 3.05) is 19.7 Å². The number of carbonyl (C=O) groups excluding carboxylic acids is 2. The van der Waals surface area contributed by atoms with E-state index in [1.165, 1.54) is 0 Å². The van der Waals surface area contributed by atoms with Gasteiger partial charge >= 0.3 is 6.09 Å². The summed E-state index contributed by atoms with van der Waals surface area (Å²) < 4.78 is 7.21. The minimum Gasteiger partial charge on any atom is -0.450 e. The van der Waals surface area contributed by atoms with Gasteiger partial charge in [0.2, 0.25) is 0 Å². The Labute approximate surface area is 157 Å². The van der Waals surface area contributed by atoms with Crippen molar-refractivity contribution < 1.29 is 14.3 Å². The minimum atomic E-state index is -0.291. The summed E-state index contributed by atoms with van der Waals surface area (Å²) in [6.45, 7) is 3.30. The van der Waals surface area contributed by atoms with E-state index in [0.29, 0.717) is 43.0 Å². The minimum absolute atomic E-state index is 0.0147. The van der Waals surface area contributed by atoms with Gasteiger partial charge in [-0.1, -0.05) is 18.2 Å². The molecule has 0 unspecified atom stereocenters. The molecule has 2 N–H and O–H groups in total. The number of amides is 2. The molecule has 26 heavy (non-hydrogen) atoms. The Morgan fingerprint density at radius 1 is 1.27 bits per heavy atom. The number of rotatable bonds is 4. The van der Waals surface area contributed by atoms with Crippen molar-refractivity contribution in [3.8, 4) is 5.69 Å². The number of hydrogen-bond donors (Lipinski definition) is 2. The van der Waals surface area contributed by atoms with E-state index in [1.807, 2.05) is 30.3 Å². The van der Waals surface area contributed by atoms with Crippen LogP contribution in [0.2, 0.25) is 0 Å². The second-order valence-corrected chi connectivity index (χ2v) is 6.47. The predicted molar refractivity (Wildman–Crippen MR) is 100 cm³/mol. The zero-order chi connectivity index (χ0) is 18.5. The van der Waals surface area contributed by atoms with Crippen LogP contribution in [-0.4, -0.2) is 52.2 Å². The van der Waals surface area contributed by atoms with Crippen LogP contribution in [0.1, 0.15) is 30.3 Å². The molecule has 1 fully saturated rings. The van der Waals surface area contributed by atoms with E-state index in [0.717, 1.165) is 5.69 Å². The highest BCUT2D eigenvalue weighted by molar-refractivity contribution is 7.71. The standard InChI is InChI=1S/C18H22N4O3S/c1-2-25-18(24)21-10-8-13(9-11-21)20-16(23)15-12-19-17(26)22(15)14-6-4-3-5-7-14/h3-7,12-13H,2,8-11H2,1H3,(H,19,26)(H,20,23). The fourth-order valence-electron chi connectivity index (χ4n) is 3.05. The number of aromatic amines is 1. The number of H-pyrrole nitrogens is 1. The third-order valence-electron chi connectivity index (χ3n) is 4.38. The predicted octanol–water partition coefficient (Wildman–Crippen LogP) is 2.89. The van der Waals surface area contributed by atoms with E-state index < -0.39 is 0 Å². The van der Waals surface area contributed by atoms with Crippen molar-refractivity contribution in [1.82, 2.24) is 19.8 Å². The summed E-state index contributed by atoms with van der Waals surface area (Å²) in [6, 6.07) is 9.53. The molecule has 0 saturated carbocycles. The number of nitrogens with zero attached hydrogens (tertiary/aromatic N) is 2. The molecule has 0 aliphatic carbocycles. The van der Waals surface area contributed by atoms with E-state index in [-0.39, 0.29) is 18.0 Å². The fraction of sp³-hybridized carbons (Fsp3) is 0.389. The Morgan fingerprint density at radius 2 is 1.96 bits per heavy atom. The number of likely N-dealkylation sites (tertiary alicyclic amines) is 1. The molecular weight excluding hydrogens is 352 g/mol. The number of carbonyl (C=O) groups is 2. The lowest BCUT2D eigenvalue weighted by atomic mass is 10.1. The lowest BCUT2D eigenvalue weighted by molar-refractivity contribution is 0.0855. The molecule has 0 atom stereocenters. The highest BCUT2D eigenvalue weighted by Gasteiger charge is 2.25. The number of para-hydroxylation sites is 1. The quantitative estimate of drug-likeness (QED) is 0.807. The molecule has 2 aromatic rings. The molecular formula is C18H22N4O3S. The molecule has 1 aromatic carbocycles. The first-order chi connectivity index (χ1) is 12.6. The summed E-state index contributed by atoms with van der Waals surface area (Å²) in [7, 11) is 0. The maximum absolute atomic E-state index is 12.7. The van der Waals surface area contributed by atoms with Crippen molar-refractivity contribution in [2.45, 2.75) is 25.8 Å². The summed E-state index contributed by atoms with van der Waals surface area (Å²) in [5.41, 5.74) is 1.30. The van der Waals surface area contributed by atoms with Crippen LogP contribution in [-0.2, 0) is 4.74 Å². The summed E-state index contributed by atoms with van der Waals surface area (Å²) in [5.74, 6) is -0.184. The fourth-order valence-corrected chi connectivity index (χ4v) is 3.31. The van der Waals surface area contributed by atoms with Gasteiger partial charge in [0.1, 0.15) is 5.69 Å². The number of benzene rings is 1.